The van der Waals surface area contributed by atoms with Crippen molar-refractivity contribution in [3.05, 3.63) is 77.5 Å². The Kier molecular flexibility index (Phi) is 6.69. The van der Waals surface area contributed by atoms with Gasteiger partial charge in [0.15, 0.2) is 5.82 Å². The molecule has 9 heteroatoms. The maximum atomic E-state index is 14.3. The molecule has 0 aliphatic heterocycles. The maximum Gasteiger partial charge on any atom is 0.253 e. The Labute approximate surface area is 184 Å². The third kappa shape index (κ3) is 4.67. The zero-order valence-electron chi connectivity index (χ0n) is 17.9. The number of aliphatic hydroxyl groups excluding tert-OH is 1. The fourth-order valence-corrected chi connectivity index (χ4v) is 3.38. The first kappa shape index (κ1) is 23.1. The van der Waals surface area contributed by atoms with Crippen LogP contribution in [0.4, 0.5) is 20.3 Å². The molecule has 3 aromatic rings. The molecule has 0 aliphatic carbocycles. The average Bonchev–Trinajstić information content (AvgIpc) is 3.25. The third-order valence-corrected chi connectivity index (χ3v) is 5.34. The molecule has 2 amide bonds. The molecule has 1 heterocycles. The molecule has 0 saturated carbocycles. The Hall–Kier alpha value is -3.59. The molecule has 168 valence electrons. The van der Waals surface area contributed by atoms with Crippen molar-refractivity contribution in [2.45, 2.75) is 32.2 Å². The number of hydrogen-bond acceptors (Lipinski definition) is 4. The van der Waals surface area contributed by atoms with Crippen molar-refractivity contribution in [3.63, 3.8) is 0 Å². The Morgan fingerprint density at radius 2 is 1.84 bits per heavy atom. The first-order valence-electron chi connectivity index (χ1n) is 9.95. The van der Waals surface area contributed by atoms with E-state index in [-0.39, 0.29) is 11.5 Å². The molecule has 0 fully saturated rings. The molecule has 32 heavy (non-hydrogen) atoms. The van der Waals surface area contributed by atoms with Crippen LogP contribution < -0.4 is 10.2 Å². The summed E-state index contributed by atoms with van der Waals surface area (Å²) in [6.07, 6.45) is 0. The number of H-pyrrole nitrogens is 1. The van der Waals surface area contributed by atoms with Gasteiger partial charge in [0.2, 0.25) is 5.91 Å². The van der Waals surface area contributed by atoms with E-state index in [2.05, 4.69) is 15.5 Å². The van der Waals surface area contributed by atoms with E-state index in [1.807, 2.05) is 44.2 Å². The van der Waals surface area contributed by atoms with Crippen LogP contribution >= 0.6 is 0 Å². The van der Waals surface area contributed by atoms with E-state index in [1.54, 1.807) is 6.07 Å². The second-order valence-electron chi connectivity index (χ2n) is 7.84. The molecule has 1 unspecified atom stereocenters. The van der Waals surface area contributed by atoms with E-state index in [9.17, 15) is 23.5 Å². The van der Waals surface area contributed by atoms with Crippen LogP contribution in [0.1, 0.15) is 32.0 Å². The van der Waals surface area contributed by atoms with Gasteiger partial charge in [-0.2, -0.15) is 5.10 Å². The third-order valence-electron chi connectivity index (χ3n) is 5.34. The zero-order chi connectivity index (χ0) is 23.5. The standard InChI is InChI=1S/C23H24F2N4O3/c1-14(29(21(31)13-30)18-10-9-16(24)11-17(18)25)22(32)26-20-12-19(27-28-20)23(2,3)15-7-5-4-6-8-15/h4-12,14,30H,13H2,1-3H3,(H2,26,27,28,32). The van der Waals surface area contributed by atoms with Crippen molar-refractivity contribution < 1.29 is 23.5 Å². The minimum Gasteiger partial charge on any atom is -0.387 e. The fourth-order valence-electron chi connectivity index (χ4n) is 3.38. The topological polar surface area (TPSA) is 98.3 Å². The minimum atomic E-state index is -1.21. The number of aromatic amines is 1. The predicted molar refractivity (Wildman–Crippen MR) is 116 cm³/mol. The van der Waals surface area contributed by atoms with Gasteiger partial charge in [-0.05, 0) is 24.6 Å². The number of carbonyl (C=O) groups is 2. The van der Waals surface area contributed by atoms with Gasteiger partial charge < -0.3 is 10.4 Å². The summed E-state index contributed by atoms with van der Waals surface area (Å²) in [6, 6.07) is 12.8. The number of halogens is 2. The number of nitrogens with one attached hydrogen (secondary N) is 2. The van der Waals surface area contributed by atoms with Crippen LogP contribution in [-0.2, 0) is 15.0 Å². The summed E-state index contributed by atoms with van der Waals surface area (Å²) in [7, 11) is 0. The molecule has 7 nitrogen and oxygen atoms in total. The van der Waals surface area contributed by atoms with E-state index in [4.69, 9.17) is 0 Å². The highest BCUT2D eigenvalue weighted by molar-refractivity contribution is 6.04. The van der Waals surface area contributed by atoms with Gasteiger partial charge in [-0.1, -0.05) is 44.2 Å². The molecular formula is C23H24F2N4O3. The second kappa shape index (κ2) is 9.27. The Morgan fingerprint density at radius 1 is 1.16 bits per heavy atom. The molecule has 1 atom stereocenters. The normalized spacial score (nSPS) is 12.3. The summed E-state index contributed by atoms with van der Waals surface area (Å²) >= 11 is 0. The molecule has 0 spiro atoms. The van der Waals surface area contributed by atoms with Crippen LogP contribution in [0.5, 0.6) is 0 Å². The van der Waals surface area contributed by atoms with Crippen LogP contribution in [0.15, 0.2) is 54.6 Å². The maximum absolute atomic E-state index is 14.3. The summed E-state index contributed by atoms with van der Waals surface area (Å²) in [6.45, 7) is 4.42. The molecule has 3 N–H and O–H groups in total. The van der Waals surface area contributed by atoms with Gasteiger partial charge in [-0.25, -0.2) is 8.78 Å². The Morgan fingerprint density at radius 3 is 2.47 bits per heavy atom. The molecule has 0 aliphatic rings. The number of aromatic nitrogens is 2. The SMILES string of the molecule is CC(C(=O)Nc1cc(C(C)(C)c2ccccc2)[nH]n1)N(C(=O)CO)c1ccc(F)cc1F. The second-order valence-corrected chi connectivity index (χ2v) is 7.84. The number of nitrogens with zero attached hydrogens (tertiary/aromatic N) is 2. The van der Waals surface area contributed by atoms with Gasteiger partial charge in [0.05, 0.1) is 5.69 Å². The quantitative estimate of drug-likeness (QED) is 0.523. The number of anilines is 2. The smallest absolute Gasteiger partial charge is 0.253 e. The van der Waals surface area contributed by atoms with Crippen molar-refractivity contribution in [2.24, 2.45) is 0 Å². The fraction of sp³-hybridized carbons (Fsp3) is 0.261. The summed E-state index contributed by atoms with van der Waals surface area (Å²) in [5.41, 5.74) is 1.06. The zero-order valence-corrected chi connectivity index (χ0v) is 17.9. The Balaban J connectivity index is 1.82. The lowest BCUT2D eigenvalue weighted by Gasteiger charge is -2.28. The lowest BCUT2D eigenvalue weighted by Crippen LogP contribution is -2.47. The van der Waals surface area contributed by atoms with Gasteiger partial charge in [0.1, 0.15) is 24.3 Å². The number of aliphatic hydroxyl groups is 1. The average molecular weight is 442 g/mol. The van der Waals surface area contributed by atoms with E-state index >= 15 is 0 Å². The summed E-state index contributed by atoms with van der Waals surface area (Å²) in [5.74, 6) is -3.21. The lowest BCUT2D eigenvalue weighted by molar-refractivity contribution is -0.125. The van der Waals surface area contributed by atoms with Crippen molar-refractivity contribution in [2.75, 3.05) is 16.8 Å². The van der Waals surface area contributed by atoms with Crippen LogP contribution in [0.2, 0.25) is 0 Å². The number of amides is 2. The Bertz CT molecular complexity index is 1120. The van der Waals surface area contributed by atoms with E-state index < -0.39 is 41.5 Å². The number of rotatable bonds is 7. The number of hydrogen-bond donors (Lipinski definition) is 3. The van der Waals surface area contributed by atoms with E-state index in [1.165, 1.54) is 6.92 Å². The van der Waals surface area contributed by atoms with Gasteiger partial charge in [-0.15, -0.1) is 0 Å². The van der Waals surface area contributed by atoms with Crippen molar-refractivity contribution in [3.8, 4) is 0 Å². The highest BCUT2D eigenvalue weighted by Gasteiger charge is 2.30. The summed E-state index contributed by atoms with van der Waals surface area (Å²) < 4.78 is 27.6. The van der Waals surface area contributed by atoms with E-state index in [0.29, 0.717) is 6.07 Å². The predicted octanol–water partition coefficient (Wildman–Crippen LogP) is 3.37. The largest absolute Gasteiger partial charge is 0.387 e. The summed E-state index contributed by atoms with van der Waals surface area (Å²) in [5, 5.41) is 18.9. The van der Waals surface area contributed by atoms with Gasteiger partial charge in [0.25, 0.3) is 5.91 Å². The first-order chi connectivity index (χ1) is 15.1. The monoisotopic (exact) mass is 442 g/mol. The lowest BCUT2D eigenvalue weighted by atomic mass is 9.82. The van der Waals surface area contributed by atoms with Crippen LogP contribution in [-0.4, -0.2) is 39.8 Å². The van der Waals surface area contributed by atoms with Gasteiger partial charge in [0, 0.05) is 23.2 Å². The van der Waals surface area contributed by atoms with Crippen molar-refractivity contribution in [1.82, 2.24) is 10.2 Å². The molecule has 0 saturated heterocycles. The van der Waals surface area contributed by atoms with Gasteiger partial charge >= 0.3 is 0 Å². The molecule has 0 radical (unpaired) electrons. The molecule has 3 rings (SSSR count). The highest BCUT2D eigenvalue weighted by Crippen LogP contribution is 2.31. The molecule has 0 bridgehead atoms. The van der Waals surface area contributed by atoms with Crippen LogP contribution in [0, 0.1) is 11.6 Å². The minimum absolute atomic E-state index is 0.219. The van der Waals surface area contributed by atoms with Crippen LogP contribution in [0.25, 0.3) is 0 Å². The molecule has 1 aromatic heterocycles. The van der Waals surface area contributed by atoms with Crippen LogP contribution in [0.3, 0.4) is 0 Å². The van der Waals surface area contributed by atoms with Crippen molar-refractivity contribution in [1.29, 1.82) is 0 Å². The summed E-state index contributed by atoms with van der Waals surface area (Å²) in [4.78, 5) is 25.9. The van der Waals surface area contributed by atoms with Gasteiger partial charge in [-0.3, -0.25) is 19.6 Å². The first-order valence-corrected chi connectivity index (χ1v) is 9.95. The molecular weight excluding hydrogens is 418 g/mol. The highest BCUT2D eigenvalue weighted by atomic mass is 19.1. The molecule has 2 aromatic carbocycles. The number of benzene rings is 2. The van der Waals surface area contributed by atoms with Crippen molar-refractivity contribution >= 4 is 23.3 Å². The number of carbonyl (C=O) groups excluding carboxylic acids is 2. The van der Waals surface area contributed by atoms with E-state index in [0.717, 1.165) is 28.3 Å².